The Morgan fingerprint density at radius 3 is 2.08 bits per heavy atom. The van der Waals surface area contributed by atoms with E-state index in [1.807, 2.05) is 99.6 Å². The summed E-state index contributed by atoms with van der Waals surface area (Å²) in [7, 11) is 0. The molecule has 1 saturated heterocycles. The van der Waals surface area contributed by atoms with Crippen LogP contribution in [0.2, 0.25) is 0 Å². The summed E-state index contributed by atoms with van der Waals surface area (Å²) in [6.07, 6.45) is 2.06. The lowest BCUT2D eigenvalue weighted by molar-refractivity contribution is -0.138. The van der Waals surface area contributed by atoms with Gasteiger partial charge in [-0.1, -0.05) is 84.4 Å². The second-order valence-electron chi connectivity index (χ2n) is 13.3. The molecule has 1 aromatic heterocycles. The van der Waals surface area contributed by atoms with Crippen molar-refractivity contribution >= 4 is 17.5 Å². The molecular weight excluding hydrogens is 618 g/mol. The molecule has 2 fully saturated rings. The summed E-state index contributed by atoms with van der Waals surface area (Å²) in [4.78, 5) is 58.1. The Hall–Kier alpha value is -5.90. The molecular formula is C39H35N5O5. The summed E-state index contributed by atoms with van der Waals surface area (Å²) in [6.45, 7) is 5.69. The number of aromatic nitrogens is 3. The lowest BCUT2D eigenvalue weighted by Crippen LogP contribution is -2.53. The molecule has 4 atom stereocenters. The van der Waals surface area contributed by atoms with Gasteiger partial charge in [-0.15, -0.1) is 0 Å². The van der Waals surface area contributed by atoms with Crippen molar-refractivity contribution in [2.24, 2.45) is 5.92 Å². The van der Waals surface area contributed by atoms with Gasteiger partial charge in [0.1, 0.15) is 5.75 Å². The average molecular weight is 654 g/mol. The molecule has 246 valence electrons. The Kier molecular flexibility index (Phi) is 6.88. The van der Waals surface area contributed by atoms with Crippen LogP contribution in [0.1, 0.15) is 46.2 Å². The van der Waals surface area contributed by atoms with Crippen LogP contribution in [0.5, 0.6) is 5.75 Å². The number of aromatic hydroxyl groups is 1. The smallest absolute Gasteiger partial charge is 0.352 e. The van der Waals surface area contributed by atoms with Gasteiger partial charge >= 0.3 is 11.4 Å². The number of rotatable bonds is 5. The fourth-order valence-electron chi connectivity index (χ4n) is 8.34. The standard InChI is InChI=1S/C39H35N5O5/c1-23-14-16-28(17-15-23)40-43-35(46)31-22-32-30(18-19-41-37(48)42(38(49)44(32)41)29-12-8-5-9-13-29)33(26-20-24(2)34(45)25(3)21-26)39(31,36(43)47)27-10-6-4-7-11-27/h4-18,20-21,31-33,40,45H,19,22H2,1-3H3/t31-,32+,33-,39+/m0/s1. The maximum absolute atomic E-state index is 15.2. The van der Waals surface area contributed by atoms with Crippen LogP contribution >= 0.6 is 0 Å². The first-order valence-corrected chi connectivity index (χ1v) is 16.4. The van der Waals surface area contributed by atoms with E-state index in [1.54, 1.807) is 24.3 Å². The number of carbonyl (C=O) groups is 2. The van der Waals surface area contributed by atoms with E-state index < -0.39 is 46.5 Å². The van der Waals surface area contributed by atoms with Crippen molar-refractivity contribution in [3.63, 3.8) is 0 Å². The number of amides is 2. The Morgan fingerprint density at radius 2 is 1.43 bits per heavy atom. The number of nitrogens with zero attached hydrogens (tertiary/aromatic N) is 4. The second-order valence-corrected chi connectivity index (χ2v) is 13.3. The molecule has 8 rings (SSSR count). The third-order valence-electron chi connectivity index (χ3n) is 10.5. The zero-order valence-corrected chi connectivity index (χ0v) is 27.3. The highest BCUT2D eigenvalue weighted by Crippen LogP contribution is 2.62. The lowest BCUT2D eigenvalue weighted by atomic mass is 9.53. The van der Waals surface area contributed by atoms with Gasteiger partial charge in [-0.05, 0) is 79.3 Å². The number of aryl methyl sites for hydroxylation is 3. The zero-order chi connectivity index (χ0) is 34.2. The Bertz CT molecular complexity index is 2280. The molecule has 2 N–H and O–H groups in total. The molecule has 2 amide bonds. The van der Waals surface area contributed by atoms with Gasteiger partial charge in [-0.2, -0.15) is 5.01 Å². The van der Waals surface area contributed by atoms with Crippen LogP contribution in [0.3, 0.4) is 0 Å². The van der Waals surface area contributed by atoms with E-state index in [-0.39, 0.29) is 18.7 Å². The quantitative estimate of drug-likeness (QED) is 0.203. The number of anilines is 1. The average Bonchev–Trinajstić information content (AvgIpc) is 3.49. The normalized spacial score (nSPS) is 22.7. The number of hydrogen-bond acceptors (Lipinski definition) is 6. The van der Waals surface area contributed by atoms with E-state index in [4.69, 9.17) is 0 Å². The summed E-state index contributed by atoms with van der Waals surface area (Å²) in [5.74, 6) is -2.29. The molecule has 0 unspecified atom stereocenters. The largest absolute Gasteiger partial charge is 0.507 e. The van der Waals surface area contributed by atoms with Crippen LogP contribution in [-0.2, 0) is 21.5 Å². The monoisotopic (exact) mass is 653 g/mol. The maximum Gasteiger partial charge on any atom is 0.352 e. The number of phenolic OH excluding ortho intramolecular Hbond substituents is 1. The summed E-state index contributed by atoms with van der Waals surface area (Å²) >= 11 is 0. The van der Waals surface area contributed by atoms with Crippen molar-refractivity contribution in [1.29, 1.82) is 0 Å². The number of fused-ring (bicyclic) bond motifs is 4. The van der Waals surface area contributed by atoms with Gasteiger partial charge in [0.15, 0.2) is 0 Å². The first-order chi connectivity index (χ1) is 23.6. The van der Waals surface area contributed by atoms with E-state index in [2.05, 4.69) is 5.43 Å². The van der Waals surface area contributed by atoms with E-state index in [9.17, 15) is 19.5 Å². The molecule has 4 aromatic carbocycles. The van der Waals surface area contributed by atoms with Gasteiger partial charge in [-0.25, -0.2) is 23.5 Å². The molecule has 3 heterocycles. The number of allylic oxidation sites excluding steroid dienone is 2. The fraction of sp³-hybridized carbons (Fsp3) is 0.231. The van der Waals surface area contributed by atoms with E-state index in [0.29, 0.717) is 28.1 Å². The minimum atomic E-state index is -1.40. The minimum absolute atomic E-state index is 0.106. The molecule has 0 spiro atoms. The summed E-state index contributed by atoms with van der Waals surface area (Å²) in [5, 5.41) is 12.0. The van der Waals surface area contributed by atoms with Gasteiger partial charge in [0.05, 0.1) is 35.3 Å². The van der Waals surface area contributed by atoms with E-state index in [0.717, 1.165) is 26.3 Å². The van der Waals surface area contributed by atoms with Gasteiger partial charge in [0, 0.05) is 5.92 Å². The molecule has 0 radical (unpaired) electrons. The number of nitrogens with one attached hydrogen (secondary N) is 1. The first-order valence-electron chi connectivity index (χ1n) is 16.4. The molecule has 49 heavy (non-hydrogen) atoms. The number of hydrogen-bond donors (Lipinski definition) is 2. The van der Waals surface area contributed by atoms with Gasteiger partial charge in [-0.3, -0.25) is 15.0 Å². The van der Waals surface area contributed by atoms with Gasteiger partial charge in [0.25, 0.3) is 11.8 Å². The number of benzene rings is 4. The van der Waals surface area contributed by atoms with Crippen LogP contribution in [0.15, 0.2) is 118 Å². The first kappa shape index (κ1) is 30.4. The predicted molar refractivity (Wildman–Crippen MR) is 185 cm³/mol. The van der Waals surface area contributed by atoms with Crippen molar-refractivity contribution < 1.29 is 14.7 Å². The molecule has 5 aromatic rings. The fourth-order valence-corrected chi connectivity index (χ4v) is 8.34. The van der Waals surface area contributed by atoms with Crippen LogP contribution < -0.4 is 16.8 Å². The summed E-state index contributed by atoms with van der Waals surface area (Å²) in [6, 6.07) is 28.6. The highest BCUT2D eigenvalue weighted by molar-refractivity contribution is 6.12. The molecule has 0 bridgehead atoms. The van der Waals surface area contributed by atoms with Gasteiger partial charge < -0.3 is 5.11 Å². The number of carbonyl (C=O) groups excluding carboxylic acids is 2. The molecule has 3 aliphatic rings. The third kappa shape index (κ3) is 4.33. The molecule has 2 aliphatic heterocycles. The van der Waals surface area contributed by atoms with Crippen molar-refractivity contribution in [3.8, 4) is 11.4 Å². The number of hydrazine groups is 1. The SMILES string of the molecule is Cc1ccc(NN2C(=O)[C@@H]3C[C@@H]4C(=CCn5c(=O)n(-c6ccccc6)c(=O)n54)[C@H](c4cc(C)c(O)c(C)c4)[C@]3(c3ccccc3)C2=O)cc1. The Morgan fingerprint density at radius 1 is 0.796 bits per heavy atom. The third-order valence-corrected chi connectivity index (χ3v) is 10.5. The highest BCUT2D eigenvalue weighted by Gasteiger charge is 2.68. The van der Waals surface area contributed by atoms with Gasteiger partial charge in [0.2, 0.25) is 0 Å². The van der Waals surface area contributed by atoms with Crippen molar-refractivity contribution in [2.45, 2.75) is 51.1 Å². The second kappa shape index (κ2) is 11.1. The lowest BCUT2D eigenvalue weighted by Gasteiger charge is -2.49. The van der Waals surface area contributed by atoms with Crippen LogP contribution in [0.4, 0.5) is 5.69 Å². The maximum atomic E-state index is 15.2. The molecule has 10 heteroatoms. The zero-order valence-electron chi connectivity index (χ0n) is 27.3. The predicted octanol–water partition coefficient (Wildman–Crippen LogP) is 5.05. The molecule has 10 nitrogen and oxygen atoms in total. The van der Waals surface area contributed by atoms with Crippen LogP contribution in [0.25, 0.3) is 5.69 Å². The van der Waals surface area contributed by atoms with Crippen molar-refractivity contribution in [3.05, 3.63) is 157 Å². The van der Waals surface area contributed by atoms with Crippen LogP contribution in [-0.4, -0.2) is 35.9 Å². The summed E-state index contributed by atoms with van der Waals surface area (Å²) in [5.41, 5.74) is 6.24. The topological polar surface area (TPSA) is 119 Å². The number of phenols is 1. The minimum Gasteiger partial charge on any atom is -0.507 e. The van der Waals surface area contributed by atoms with Crippen LogP contribution in [0, 0.1) is 26.7 Å². The summed E-state index contributed by atoms with van der Waals surface area (Å²) < 4.78 is 4.06. The van der Waals surface area contributed by atoms with Crippen molar-refractivity contribution in [2.75, 3.05) is 5.43 Å². The van der Waals surface area contributed by atoms with E-state index in [1.165, 1.54) is 9.36 Å². The number of imide groups is 1. The Labute approximate surface area is 282 Å². The Balaban J connectivity index is 1.39. The molecule has 1 saturated carbocycles. The molecule has 1 aliphatic carbocycles. The highest BCUT2D eigenvalue weighted by atomic mass is 16.3. The number of para-hydroxylation sites is 1. The van der Waals surface area contributed by atoms with Crippen molar-refractivity contribution in [1.82, 2.24) is 18.9 Å². The van der Waals surface area contributed by atoms with E-state index >= 15 is 4.79 Å².